The van der Waals surface area contributed by atoms with E-state index in [1.807, 2.05) is 0 Å². The standard InChI is InChI=1S/C6H11FS/c1-5-3-8(7)4-6(5,8)2/h5H,3-4H2,1-2H3/t5?,6-/m0/s1. The smallest absolute Gasteiger partial charge is 0.0366 e. The Kier molecular flexibility index (Phi) is 0.612. The number of rotatable bonds is 0. The summed E-state index contributed by atoms with van der Waals surface area (Å²) in [6, 6.07) is 0. The normalized spacial score (nSPS) is 76.6. The lowest BCUT2D eigenvalue weighted by Gasteiger charge is -2.36. The average molecular weight is 134 g/mol. The van der Waals surface area contributed by atoms with Gasteiger partial charge in [-0.2, -0.15) is 3.89 Å². The minimum atomic E-state index is -1.46. The molecule has 0 bridgehead atoms. The molecule has 0 nitrogen and oxygen atoms in total. The largest absolute Gasteiger partial charge is 0.189 e. The second-order valence-corrected chi connectivity index (χ2v) is 6.44. The fraction of sp³-hybridized carbons (Fsp3) is 1.00. The summed E-state index contributed by atoms with van der Waals surface area (Å²) in [4.78, 5) is 0. The second kappa shape index (κ2) is 0.962. The van der Waals surface area contributed by atoms with Gasteiger partial charge in [0.1, 0.15) is 0 Å². The molecule has 0 saturated carbocycles. The van der Waals surface area contributed by atoms with Crippen LogP contribution in [0.15, 0.2) is 0 Å². The fourth-order valence-corrected chi connectivity index (χ4v) is 5.33. The summed E-state index contributed by atoms with van der Waals surface area (Å²) in [5.41, 5.74) is 0. The number of hydrogen-bond donors (Lipinski definition) is 0. The molecule has 3 atom stereocenters. The van der Waals surface area contributed by atoms with Gasteiger partial charge in [-0.15, -0.1) is 0 Å². The Morgan fingerprint density at radius 2 is 2.38 bits per heavy atom. The third-order valence-electron chi connectivity index (χ3n) is 2.82. The highest BCUT2D eigenvalue weighted by Gasteiger charge is 2.72. The van der Waals surface area contributed by atoms with Gasteiger partial charge >= 0.3 is 0 Å². The van der Waals surface area contributed by atoms with Crippen LogP contribution < -0.4 is 0 Å². The zero-order valence-corrected chi connectivity index (χ0v) is 6.09. The lowest BCUT2D eigenvalue weighted by atomic mass is 10.00. The molecule has 0 aromatic rings. The van der Waals surface area contributed by atoms with Crippen molar-refractivity contribution in [2.45, 2.75) is 18.6 Å². The maximum absolute atomic E-state index is 13.0. The van der Waals surface area contributed by atoms with Crippen molar-refractivity contribution in [3.05, 3.63) is 0 Å². The van der Waals surface area contributed by atoms with Crippen LogP contribution >= 0.6 is 10.4 Å². The van der Waals surface area contributed by atoms with E-state index in [0.29, 0.717) is 5.92 Å². The van der Waals surface area contributed by atoms with E-state index in [-0.39, 0.29) is 4.75 Å². The lowest BCUT2D eigenvalue weighted by molar-refractivity contribution is 0.514. The molecule has 0 aromatic carbocycles. The second-order valence-electron chi connectivity index (χ2n) is 3.31. The first-order chi connectivity index (χ1) is 3.58. The monoisotopic (exact) mass is 134 g/mol. The van der Waals surface area contributed by atoms with E-state index >= 15 is 0 Å². The minimum Gasteiger partial charge on any atom is -0.189 e. The Balaban J connectivity index is 2.23. The summed E-state index contributed by atoms with van der Waals surface area (Å²) in [5.74, 6) is 2.51. The molecule has 2 rings (SSSR count). The predicted octanol–water partition coefficient (Wildman–Crippen LogP) is 2.10. The van der Waals surface area contributed by atoms with Gasteiger partial charge in [0.15, 0.2) is 0 Å². The van der Waals surface area contributed by atoms with Crippen LogP contribution in [0, 0.1) is 5.92 Å². The summed E-state index contributed by atoms with van der Waals surface area (Å²) < 4.78 is 13.2. The zero-order valence-electron chi connectivity index (χ0n) is 5.28. The van der Waals surface area contributed by atoms with Crippen LogP contribution in [0.5, 0.6) is 0 Å². The van der Waals surface area contributed by atoms with Crippen LogP contribution in [-0.2, 0) is 0 Å². The molecule has 2 aliphatic rings. The van der Waals surface area contributed by atoms with Crippen LogP contribution in [-0.4, -0.2) is 16.3 Å². The van der Waals surface area contributed by atoms with Gasteiger partial charge in [-0.1, -0.05) is 17.3 Å². The highest BCUT2D eigenvalue weighted by atomic mass is 32.3. The SMILES string of the molecule is CC1CS2(F)C[C@@]12C. The van der Waals surface area contributed by atoms with E-state index in [2.05, 4.69) is 13.8 Å². The maximum Gasteiger partial charge on any atom is 0.0366 e. The summed E-state index contributed by atoms with van der Waals surface area (Å²) in [6.45, 7) is 4.26. The van der Waals surface area contributed by atoms with Crippen molar-refractivity contribution in [1.29, 1.82) is 0 Å². The molecule has 2 unspecified atom stereocenters. The van der Waals surface area contributed by atoms with E-state index in [1.54, 1.807) is 0 Å². The molecular formula is C6H11FS. The van der Waals surface area contributed by atoms with Gasteiger partial charge < -0.3 is 0 Å². The van der Waals surface area contributed by atoms with Crippen molar-refractivity contribution in [2.24, 2.45) is 5.92 Å². The van der Waals surface area contributed by atoms with Crippen molar-refractivity contribution in [3.63, 3.8) is 0 Å². The predicted molar refractivity (Wildman–Crippen MR) is 36.0 cm³/mol. The molecule has 8 heavy (non-hydrogen) atoms. The highest BCUT2D eigenvalue weighted by Crippen LogP contribution is 2.88. The van der Waals surface area contributed by atoms with E-state index in [0.717, 1.165) is 11.5 Å². The van der Waals surface area contributed by atoms with E-state index in [1.165, 1.54) is 0 Å². The molecular weight excluding hydrogens is 123 g/mol. The molecule has 2 heterocycles. The Morgan fingerprint density at radius 3 is 2.38 bits per heavy atom. The van der Waals surface area contributed by atoms with Crippen LogP contribution in [0.4, 0.5) is 3.89 Å². The third-order valence-corrected chi connectivity index (χ3v) is 6.77. The van der Waals surface area contributed by atoms with Gasteiger partial charge in [0.2, 0.25) is 0 Å². The maximum atomic E-state index is 13.0. The summed E-state index contributed by atoms with van der Waals surface area (Å²) in [5, 5.41) is 0. The zero-order chi connectivity index (χ0) is 5.99. The molecule has 0 aromatic heterocycles. The van der Waals surface area contributed by atoms with Gasteiger partial charge in [0, 0.05) is 16.3 Å². The molecule has 2 saturated heterocycles. The van der Waals surface area contributed by atoms with Gasteiger partial charge in [-0.05, 0) is 12.8 Å². The Hall–Kier alpha value is 0.280. The fourth-order valence-electron chi connectivity index (χ4n) is 1.65. The number of halogens is 1. The summed E-state index contributed by atoms with van der Waals surface area (Å²) >= 11 is 0. The van der Waals surface area contributed by atoms with Gasteiger partial charge in [0.05, 0.1) is 0 Å². The first kappa shape index (κ1) is 5.10. The Labute approximate surface area is 51.1 Å². The quantitative estimate of drug-likeness (QED) is 0.445. The van der Waals surface area contributed by atoms with Gasteiger partial charge in [0.25, 0.3) is 0 Å². The Morgan fingerprint density at radius 1 is 1.75 bits per heavy atom. The minimum absolute atomic E-state index is 0.201. The topological polar surface area (TPSA) is 0 Å². The third kappa shape index (κ3) is 0.297. The van der Waals surface area contributed by atoms with Crippen molar-refractivity contribution in [1.82, 2.24) is 0 Å². The Bertz CT molecular complexity index is 143. The van der Waals surface area contributed by atoms with E-state index in [9.17, 15) is 3.89 Å². The molecule has 0 radical (unpaired) electrons. The molecule has 0 spiro atoms. The van der Waals surface area contributed by atoms with E-state index in [4.69, 9.17) is 0 Å². The molecule has 0 amide bonds. The molecule has 0 aliphatic carbocycles. The summed E-state index contributed by atoms with van der Waals surface area (Å²) in [7, 11) is -1.46. The van der Waals surface area contributed by atoms with Crippen LogP contribution in [0.3, 0.4) is 0 Å². The first-order valence-electron chi connectivity index (χ1n) is 3.06. The molecule has 2 fully saturated rings. The van der Waals surface area contributed by atoms with Crippen molar-refractivity contribution in [3.8, 4) is 0 Å². The van der Waals surface area contributed by atoms with Crippen LogP contribution in [0.2, 0.25) is 0 Å². The van der Waals surface area contributed by atoms with Crippen molar-refractivity contribution >= 4 is 10.4 Å². The molecule has 0 N–H and O–H groups in total. The van der Waals surface area contributed by atoms with Gasteiger partial charge in [-0.3, -0.25) is 0 Å². The van der Waals surface area contributed by atoms with E-state index < -0.39 is 10.4 Å². The average Bonchev–Trinajstić information content (AvgIpc) is 2.05. The molecule has 48 valence electrons. The molecule has 2 aliphatic heterocycles. The van der Waals surface area contributed by atoms with Crippen LogP contribution in [0.1, 0.15) is 13.8 Å². The van der Waals surface area contributed by atoms with Crippen molar-refractivity contribution in [2.75, 3.05) is 11.5 Å². The first-order valence-corrected chi connectivity index (χ1v) is 4.94. The number of hydrogen-bond acceptors (Lipinski definition) is 0. The lowest BCUT2D eigenvalue weighted by Crippen LogP contribution is -2.30. The van der Waals surface area contributed by atoms with Gasteiger partial charge in [-0.25, -0.2) is 0 Å². The molecule has 2 heteroatoms. The van der Waals surface area contributed by atoms with Crippen LogP contribution in [0.25, 0.3) is 0 Å². The number of fused-ring (bicyclic) bond motifs is 1. The highest BCUT2D eigenvalue weighted by molar-refractivity contribution is 8.38. The van der Waals surface area contributed by atoms with Crippen molar-refractivity contribution < 1.29 is 3.89 Å². The summed E-state index contributed by atoms with van der Waals surface area (Å²) in [6.07, 6.45) is 0.